The van der Waals surface area contributed by atoms with E-state index in [-0.39, 0.29) is 18.4 Å². The summed E-state index contributed by atoms with van der Waals surface area (Å²) in [7, 11) is 0. The quantitative estimate of drug-likeness (QED) is 0.260. The van der Waals surface area contributed by atoms with E-state index in [9.17, 15) is 0 Å². The maximum Gasteiger partial charge on any atom is 0.170 e. The molecule has 0 spiro atoms. The highest BCUT2D eigenvalue weighted by Gasteiger charge is 2.04. The number of amidine groups is 1. The molecule has 0 heterocycles. The maximum absolute atomic E-state index is 8.92. The van der Waals surface area contributed by atoms with Gasteiger partial charge in [-0.15, -0.1) is 0 Å². The molecule has 0 saturated carbocycles. The van der Waals surface area contributed by atoms with E-state index in [0.717, 1.165) is 24.2 Å². The van der Waals surface area contributed by atoms with Crippen LogP contribution >= 0.6 is 0 Å². The van der Waals surface area contributed by atoms with Gasteiger partial charge in [0.2, 0.25) is 0 Å². The van der Waals surface area contributed by atoms with Crippen LogP contribution in [0.5, 0.6) is 0 Å². The van der Waals surface area contributed by atoms with E-state index in [1.165, 1.54) is 0 Å². The molecule has 5 nitrogen and oxygen atoms in total. The second-order valence-electron chi connectivity index (χ2n) is 4.55. The van der Waals surface area contributed by atoms with Crippen molar-refractivity contribution in [3.05, 3.63) is 34.9 Å². The van der Waals surface area contributed by atoms with Crippen molar-refractivity contribution in [3.8, 4) is 0 Å². The molecule has 0 aliphatic rings. The highest BCUT2D eigenvalue weighted by Crippen LogP contribution is 2.11. The summed E-state index contributed by atoms with van der Waals surface area (Å²) >= 11 is 0. The maximum atomic E-state index is 8.92. The Hall–Kier alpha value is -1.59. The van der Waals surface area contributed by atoms with Crippen molar-refractivity contribution in [1.29, 1.82) is 0 Å². The van der Waals surface area contributed by atoms with Crippen molar-refractivity contribution in [2.75, 3.05) is 13.2 Å². The fourth-order valence-electron chi connectivity index (χ4n) is 1.63. The number of rotatable bonds is 6. The number of nitrogens with two attached hydrogens (primary N) is 1. The molecule has 1 unspecified atom stereocenters. The van der Waals surface area contributed by atoms with Gasteiger partial charge in [-0.05, 0) is 30.0 Å². The van der Waals surface area contributed by atoms with Crippen LogP contribution in [0.3, 0.4) is 0 Å². The summed E-state index contributed by atoms with van der Waals surface area (Å²) < 4.78 is 0. The standard InChI is InChI=1S/C13H21N3O2/c1-9(8-17)6-15-7-12-4-3-11(5-10(12)2)13(14)16-18/h3-5,9,15,17-18H,6-8H2,1-2H3,(H2,14,16). The third-order valence-electron chi connectivity index (χ3n) is 2.87. The van der Waals surface area contributed by atoms with Crippen molar-refractivity contribution in [3.63, 3.8) is 0 Å². The van der Waals surface area contributed by atoms with E-state index in [2.05, 4.69) is 10.5 Å². The lowest BCUT2D eigenvalue weighted by molar-refractivity contribution is 0.233. The van der Waals surface area contributed by atoms with Crippen LogP contribution < -0.4 is 11.1 Å². The zero-order valence-corrected chi connectivity index (χ0v) is 10.8. The van der Waals surface area contributed by atoms with Gasteiger partial charge < -0.3 is 21.4 Å². The Morgan fingerprint density at radius 3 is 2.78 bits per heavy atom. The molecule has 5 heteroatoms. The van der Waals surface area contributed by atoms with Gasteiger partial charge in [-0.25, -0.2) is 0 Å². The predicted molar refractivity (Wildman–Crippen MR) is 71.6 cm³/mol. The second kappa shape index (κ2) is 6.98. The molecule has 5 N–H and O–H groups in total. The Balaban J connectivity index is 2.63. The molecule has 0 amide bonds. The fourth-order valence-corrected chi connectivity index (χ4v) is 1.63. The van der Waals surface area contributed by atoms with Crippen LogP contribution in [0.15, 0.2) is 23.4 Å². The summed E-state index contributed by atoms with van der Waals surface area (Å²) in [6.45, 7) is 5.68. The van der Waals surface area contributed by atoms with Crippen molar-refractivity contribution < 1.29 is 10.3 Å². The van der Waals surface area contributed by atoms with Crippen LogP contribution in [0.4, 0.5) is 0 Å². The van der Waals surface area contributed by atoms with E-state index in [1.807, 2.05) is 32.0 Å². The molecular formula is C13H21N3O2. The fraction of sp³-hybridized carbons (Fsp3) is 0.462. The van der Waals surface area contributed by atoms with Gasteiger partial charge in [-0.1, -0.05) is 24.2 Å². The van der Waals surface area contributed by atoms with Gasteiger partial charge in [0.15, 0.2) is 5.84 Å². The first-order chi connectivity index (χ1) is 8.58. The highest BCUT2D eigenvalue weighted by atomic mass is 16.4. The molecule has 0 fully saturated rings. The molecule has 18 heavy (non-hydrogen) atoms. The van der Waals surface area contributed by atoms with E-state index in [0.29, 0.717) is 5.56 Å². The average molecular weight is 251 g/mol. The van der Waals surface area contributed by atoms with Crippen molar-refractivity contribution in [2.45, 2.75) is 20.4 Å². The molecule has 0 aliphatic carbocycles. The number of nitrogens with one attached hydrogen (secondary N) is 1. The third kappa shape index (κ3) is 4.01. The minimum absolute atomic E-state index is 0.117. The van der Waals surface area contributed by atoms with E-state index < -0.39 is 0 Å². The number of benzene rings is 1. The summed E-state index contributed by atoms with van der Waals surface area (Å²) in [6, 6.07) is 5.68. The van der Waals surface area contributed by atoms with Crippen LogP contribution in [-0.4, -0.2) is 29.3 Å². The smallest absolute Gasteiger partial charge is 0.170 e. The van der Waals surface area contributed by atoms with Gasteiger partial charge >= 0.3 is 0 Å². The van der Waals surface area contributed by atoms with E-state index in [1.54, 1.807) is 0 Å². The van der Waals surface area contributed by atoms with Gasteiger partial charge in [0.05, 0.1) is 0 Å². The summed E-state index contributed by atoms with van der Waals surface area (Å²) in [5.74, 6) is 0.369. The molecule has 0 aromatic heterocycles. The van der Waals surface area contributed by atoms with Crippen molar-refractivity contribution in [1.82, 2.24) is 5.32 Å². The summed E-state index contributed by atoms with van der Waals surface area (Å²) in [4.78, 5) is 0. The molecule has 1 aromatic rings. The number of oxime groups is 1. The van der Waals surface area contributed by atoms with Crippen LogP contribution in [0, 0.1) is 12.8 Å². The molecule has 0 saturated heterocycles. The van der Waals surface area contributed by atoms with Crippen molar-refractivity contribution in [2.24, 2.45) is 16.8 Å². The lowest BCUT2D eigenvalue weighted by atomic mass is 10.0. The van der Waals surface area contributed by atoms with Gasteiger partial charge in [0.25, 0.3) is 0 Å². The topological polar surface area (TPSA) is 90.9 Å². The normalized spacial score (nSPS) is 13.6. The van der Waals surface area contributed by atoms with Gasteiger partial charge in [0.1, 0.15) is 0 Å². The van der Waals surface area contributed by atoms with Crippen molar-refractivity contribution >= 4 is 5.84 Å². The van der Waals surface area contributed by atoms with E-state index >= 15 is 0 Å². The summed E-state index contributed by atoms with van der Waals surface area (Å²) in [5, 5.41) is 23.8. The largest absolute Gasteiger partial charge is 0.409 e. The van der Waals surface area contributed by atoms with Crippen LogP contribution in [0.25, 0.3) is 0 Å². The van der Waals surface area contributed by atoms with E-state index in [4.69, 9.17) is 16.0 Å². The number of hydrogen-bond acceptors (Lipinski definition) is 4. The zero-order valence-electron chi connectivity index (χ0n) is 10.8. The first kappa shape index (κ1) is 14.5. The first-order valence-electron chi connectivity index (χ1n) is 5.97. The molecule has 0 radical (unpaired) electrons. The Morgan fingerprint density at radius 1 is 1.50 bits per heavy atom. The Kier molecular flexibility index (Phi) is 5.61. The monoisotopic (exact) mass is 251 g/mol. The first-order valence-corrected chi connectivity index (χ1v) is 5.97. The summed E-state index contributed by atoms with van der Waals surface area (Å²) in [6.07, 6.45) is 0. The number of aryl methyl sites for hydroxylation is 1. The number of hydrogen-bond donors (Lipinski definition) is 4. The molecule has 100 valence electrons. The van der Waals surface area contributed by atoms with Gasteiger partial charge in [-0.2, -0.15) is 0 Å². The van der Waals surface area contributed by atoms with Gasteiger partial charge in [0, 0.05) is 25.3 Å². The average Bonchev–Trinajstić information content (AvgIpc) is 2.39. The molecule has 1 rings (SSSR count). The highest BCUT2D eigenvalue weighted by molar-refractivity contribution is 5.97. The minimum atomic E-state index is 0.117. The Morgan fingerprint density at radius 2 is 2.22 bits per heavy atom. The lowest BCUT2D eigenvalue weighted by Gasteiger charge is -2.12. The Labute approximate surface area is 107 Å². The SMILES string of the molecule is Cc1cc(/C(N)=N/O)ccc1CNCC(C)CO. The molecular weight excluding hydrogens is 230 g/mol. The Bertz CT molecular complexity index is 419. The molecule has 1 atom stereocenters. The molecule has 0 aliphatic heterocycles. The third-order valence-corrected chi connectivity index (χ3v) is 2.87. The predicted octanol–water partition coefficient (Wildman–Crippen LogP) is 0.808. The minimum Gasteiger partial charge on any atom is -0.409 e. The number of nitrogens with zero attached hydrogens (tertiary/aromatic N) is 1. The number of aliphatic hydroxyl groups excluding tert-OH is 1. The lowest BCUT2D eigenvalue weighted by Crippen LogP contribution is -2.23. The van der Waals surface area contributed by atoms with Crippen LogP contribution in [0.2, 0.25) is 0 Å². The van der Waals surface area contributed by atoms with Crippen LogP contribution in [0.1, 0.15) is 23.6 Å². The number of aliphatic hydroxyl groups is 1. The molecule has 1 aromatic carbocycles. The molecule has 0 bridgehead atoms. The summed E-state index contributed by atoms with van der Waals surface area (Å²) in [5.41, 5.74) is 8.49. The zero-order chi connectivity index (χ0) is 13.5. The second-order valence-corrected chi connectivity index (χ2v) is 4.55. The van der Waals surface area contributed by atoms with Crippen LogP contribution in [-0.2, 0) is 6.54 Å². The van der Waals surface area contributed by atoms with Gasteiger partial charge in [-0.3, -0.25) is 0 Å².